The Labute approximate surface area is 103 Å². The molecule has 3 N–H and O–H groups in total. The van der Waals surface area contributed by atoms with Crippen LogP contribution in [0.25, 0.3) is 0 Å². The third-order valence-corrected chi connectivity index (χ3v) is 1.76. The van der Waals surface area contributed by atoms with E-state index in [9.17, 15) is 14.7 Å². The van der Waals surface area contributed by atoms with Crippen molar-refractivity contribution in [3.8, 4) is 5.75 Å². The fourth-order valence-electron chi connectivity index (χ4n) is 1.12. The molecule has 98 valence electrons. The first-order valence-corrected chi connectivity index (χ1v) is 5.12. The molecule has 0 aliphatic carbocycles. The molecule has 0 saturated carbocycles. The van der Waals surface area contributed by atoms with Crippen LogP contribution in [0.15, 0.2) is 12.3 Å². The molecule has 0 bridgehead atoms. The zero-order valence-electron chi connectivity index (χ0n) is 10.2. The highest BCUT2D eigenvalue weighted by Gasteiger charge is 2.20. The van der Waals surface area contributed by atoms with Crippen LogP contribution < -0.4 is 5.32 Å². The van der Waals surface area contributed by atoms with Gasteiger partial charge in [-0.3, -0.25) is 5.32 Å². The van der Waals surface area contributed by atoms with E-state index >= 15 is 0 Å². The monoisotopic (exact) mass is 254 g/mol. The number of nitrogens with one attached hydrogen (secondary N) is 1. The highest BCUT2D eigenvalue weighted by molar-refractivity contribution is 5.94. The SMILES string of the molecule is CC(C)(C)OC(=O)Nc1ccnc(C(=O)O)c1O. The Bertz CT molecular complexity index is 479. The zero-order valence-corrected chi connectivity index (χ0v) is 10.2. The van der Waals surface area contributed by atoms with Gasteiger partial charge in [-0.25, -0.2) is 14.6 Å². The summed E-state index contributed by atoms with van der Waals surface area (Å²) in [6, 6.07) is 1.27. The lowest BCUT2D eigenvalue weighted by Gasteiger charge is -2.19. The maximum atomic E-state index is 11.4. The van der Waals surface area contributed by atoms with Crippen LogP contribution in [-0.4, -0.2) is 32.9 Å². The molecule has 0 unspecified atom stereocenters. The number of hydrogen-bond donors (Lipinski definition) is 3. The minimum absolute atomic E-state index is 0.0725. The number of aromatic hydroxyl groups is 1. The lowest BCUT2D eigenvalue weighted by molar-refractivity contribution is 0.0631. The summed E-state index contributed by atoms with van der Waals surface area (Å²) < 4.78 is 4.97. The van der Waals surface area contributed by atoms with Gasteiger partial charge in [-0.05, 0) is 26.8 Å². The van der Waals surface area contributed by atoms with Crippen molar-refractivity contribution in [1.82, 2.24) is 4.98 Å². The van der Waals surface area contributed by atoms with Crippen molar-refractivity contribution >= 4 is 17.7 Å². The lowest BCUT2D eigenvalue weighted by atomic mass is 10.2. The van der Waals surface area contributed by atoms with E-state index in [4.69, 9.17) is 9.84 Å². The number of carbonyl (C=O) groups is 2. The van der Waals surface area contributed by atoms with Crippen molar-refractivity contribution < 1.29 is 24.5 Å². The Morgan fingerprint density at radius 3 is 2.50 bits per heavy atom. The number of anilines is 1. The van der Waals surface area contributed by atoms with Gasteiger partial charge in [0.1, 0.15) is 5.60 Å². The molecule has 0 aromatic carbocycles. The molecular weight excluding hydrogens is 240 g/mol. The van der Waals surface area contributed by atoms with Crippen molar-refractivity contribution in [2.45, 2.75) is 26.4 Å². The standard InChI is InChI=1S/C11H14N2O5/c1-11(2,3)18-10(17)13-6-4-5-12-7(8(6)14)9(15)16/h4-5,14H,1-3H3,(H,15,16)(H,12,13,17). The summed E-state index contributed by atoms with van der Waals surface area (Å²) >= 11 is 0. The van der Waals surface area contributed by atoms with Crippen LogP contribution in [0.3, 0.4) is 0 Å². The second-order valence-electron chi connectivity index (χ2n) is 4.49. The fourth-order valence-corrected chi connectivity index (χ4v) is 1.12. The third kappa shape index (κ3) is 3.62. The average molecular weight is 254 g/mol. The number of ether oxygens (including phenoxy) is 1. The number of carboxylic acids is 1. The molecule has 1 amide bonds. The van der Waals surface area contributed by atoms with E-state index in [-0.39, 0.29) is 5.69 Å². The summed E-state index contributed by atoms with van der Waals surface area (Å²) in [7, 11) is 0. The molecule has 1 heterocycles. The molecule has 18 heavy (non-hydrogen) atoms. The van der Waals surface area contributed by atoms with Crippen LogP contribution in [0.5, 0.6) is 5.75 Å². The van der Waals surface area contributed by atoms with Crippen LogP contribution in [-0.2, 0) is 4.74 Å². The van der Waals surface area contributed by atoms with E-state index in [1.807, 2.05) is 0 Å². The van der Waals surface area contributed by atoms with Crippen LogP contribution in [0, 0.1) is 0 Å². The number of aromatic carboxylic acids is 1. The van der Waals surface area contributed by atoms with Crippen molar-refractivity contribution in [3.05, 3.63) is 18.0 Å². The predicted octanol–water partition coefficient (Wildman–Crippen LogP) is 1.83. The first kappa shape index (κ1) is 13.8. The number of amides is 1. The van der Waals surface area contributed by atoms with Gasteiger partial charge in [-0.15, -0.1) is 0 Å². The van der Waals surface area contributed by atoms with Crippen molar-refractivity contribution in [3.63, 3.8) is 0 Å². The minimum atomic E-state index is -1.39. The molecule has 0 radical (unpaired) electrons. The Kier molecular flexibility index (Phi) is 3.75. The summed E-state index contributed by atoms with van der Waals surface area (Å²) in [6.45, 7) is 5.05. The first-order valence-electron chi connectivity index (χ1n) is 5.12. The minimum Gasteiger partial charge on any atom is -0.504 e. The van der Waals surface area contributed by atoms with Crippen LogP contribution in [0.1, 0.15) is 31.3 Å². The summed E-state index contributed by atoms with van der Waals surface area (Å²) in [6.07, 6.45) is 0.371. The van der Waals surface area contributed by atoms with Gasteiger partial charge >= 0.3 is 12.1 Å². The summed E-state index contributed by atoms with van der Waals surface area (Å²) in [5, 5.41) is 20.6. The van der Waals surface area contributed by atoms with E-state index < -0.39 is 29.1 Å². The van der Waals surface area contributed by atoms with Crippen molar-refractivity contribution in [2.24, 2.45) is 0 Å². The Hall–Kier alpha value is -2.31. The van der Waals surface area contributed by atoms with Gasteiger partial charge in [-0.1, -0.05) is 0 Å². The Morgan fingerprint density at radius 1 is 1.39 bits per heavy atom. The largest absolute Gasteiger partial charge is 0.504 e. The third-order valence-electron chi connectivity index (χ3n) is 1.76. The normalized spacial score (nSPS) is 10.8. The topological polar surface area (TPSA) is 109 Å². The van der Waals surface area contributed by atoms with Gasteiger partial charge in [-0.2, -0.15) is 0 Å². The molecule has 0 fully saturated rings. The van der Waals surface area contributed by atoms with Gasteiger partial charge in [0.2, 0.25) is 0 Å². The predicted molar refractivity (Wildman–Crippen MR) is 62.7 cm³/mol. The number of rotatable bonds is 2. The lowest BCUT2D eigenvalue weighted by Crippen LogP contribution is -2.27. The quantitative estimate of drug-likeness (QED) is 0.742. The van der Waals surface area contributed by atoms with Gasteiger partial charge in [0, 0.05) is 6.20 Å². The molecule has 7 nitrogen and oxygen atoms in total. The smallest absolute Gasteiger partial charge is 0.412 e. The molecule has 0 aliphatic rings. The second-order valence-corrected chi connectivity index (χ2v) is 4.49. The van der Waals surface area contributed by atoms with Crippen LogP contribution in [0.4, 0.5) is 10.5 Å². The van der Waals surface area contributed by atoms with Crippen LogP contribution >= 0.6 is 0 Å². The Balaban J connectivity index is 2.89. The molecule has 1 rings (SSSR count). The number of carbonyl (C=O) groups excluding carboxylic acids is 1. The zero-order chi connectivity index (χ0) is 13.9. The molecule has 0 atom stereocenters. The number of nitrogens with zero attached hydrogens (tertiary/aromatic N) is 1. The number of hydrogen-bond acceptors (Lipinski definition) is 5. The molecule has 7 heteroatoms. The van der Waals surface area contributed by atoms with E-state index in [0.29, 0.717) is 0 Å². The maximum Gasteiger partial charge on any atom is 0.412 e. The molecule has 1 aromatic rings. The van der Waals surface area contributed by atoms with E-state index in [1.165, 1.54) is 6.07 Å². The number of pyridine rings is 1. The number of aromatic nitrogens is 1. The van der Waals surface area contributed by atoms with Gasteiger partial charge in [0.15, 0.2) is 11.4 Å². The van der Waals surface area contributed by atoms with E-state index in [2.05, 4.69) is 10.3 Å². The van der Waals surface area contributed by atoms with Gasteiger partial charge < -0.3 is 14.9 Å². The molecule has 1 aromatic heterocycles. The van der Waals surface area contributed by atoms with Gasteiger partial charge in [0.05, 0.1) is 5.69 Å². The highest BCUT2D eigenvalue weighted by atomic mass is 16.6. The van der Waals surface area contributed by atoms with Crippen LogP contribution in [0.2, 0.25) is 0 Å². The van der Waals surface area contributed by atoms with Gasteiger partial charge in [0.25, 0.3) is 0 Å². The maximum absolute atomic E-state index is 11.4. The Morgan fingerprint density at radius 2 is 2.00 bits per heavy atom. The fraction of sp³-hybridized carbons (Fsp3) is 0.364. The highest BCUT2D eigenvalue weighted by Crippen LogP contribution is 2.26. The summed E-state index contributed by atoms with van der Waals surface area (Å²) in [5.74, 6) is -2.00. The summed E-state index contributed by atoms with van der Waals surface area (Å²) in [4.78, 5) is 25.6. The molecular formula is C11H14N2O5. The first-order chi connectivity index (χ1) is 8.20. The molecule has 0 aliphatic heterocycles. The van der Waals surface area contributed by atoms with Crippen molar-refractivity contribution in [2.75, 3.05) is 5.32 Å². The molecule has 0 spiro atoms. The summed E-state index contributed by atoms with van der Waals surface area (Å²) in [5.41, 5.74) is -1.30. The van der Waals surface area contributed by atoms with E-state index in [1.54, 1.807) is 20.8 Å². The number of carboxylic acid groups (broad SMARTS) is 1. The average Bonchev–Trinajstić information content (AvgIpc) is 2.17. The van der Waals surface area contributed by atoms with Crippen molar-refractivity contribution in [1.29, 1.82) is 0 Å². The molecule has 0 saturated heterocycles. The van der Waals surface area contributed by atoms with E-state index in [0.717, 1.165) is 6.20 Å². The second kappa shape index (κ2) is 4.91.